The van der Waals surface area contributed by atoms with E-state index in [1.165, 1.54) is 4.49 Å². The van der Waals surface area contributed by atoms with E-state index in [1.807, 2.05) is 0 Å². The topological polar surface area (TPSA) is 156 Å². The number of carbonyl (C=O) groups excluding carboxylic acids is 1. The van der Waals surface area contributed by atoms with Gasteiger partial charge in [-0.25, -0.2) is 0 Å². The lowest BCUT2D eigenvalue weighted by molar-refractivity contribution is -0.135. The van der Waals surface area contributed by atoms with Crippen LogP contribution < -0.4 is 15.7 Å². The molecule has 0 spiro atoms. The molecule has 2 atom stereocenters. The Labute approximate surface area is 79.8 Å². The highest BCUT2D eigenvalue weighted by molar-refractivity contribution is 7.90. The van der Waals surface area contributed by atoms with Gasteiger partial charge in [0.25, 0.3) is 0 Å². The number of hydrogen-bond donors (Lipinski definition) is 4. The molecule has 0 unspecified atom stereocenters. The average molecular weight is 244 g/mol. The Morgan fingerprint density at radius 1 is 1.64 bits per heavy atom. The molecule has 82 valence electrons. The molecule has 1 aliphatic rings. The van der Waals surface area contributed by atoms with E-state index >= 15 is 0 Å². The minimum absolute atomic E-state index is 0.116. The largest absolute Gasteiger partial charge is 0.341 e. The monoisotopic (exact) mass is 244 g/mol. The summed E-state index contributed by atoms with van der Waals surface area (Å²) in [6.45, 7) is -0.116. The van der Waals surface area contributed by atoms with Crippen molar-refractivity contribution in [3.8, 4) is 0 Å². The predicted octanol–water partition coefficient (Wildman–Crippen LogP) is -2.38. The third kappa shape index (κ3) is 2.29. The fourth-order valence-electron chi connectivity index (χ4n) is 0.916. The molecule has 1 heterocycles. The predicted molar refractivity (Wildman–Crippen MR) is 46.2 cm³/mol. The number of rotatable bonds is 3. The minimum atomic E-state index is -4.72. The fourth-order valence-corrected chi connectivity index (χ4v) is 3.49. The van der Waals surface area contributed by atoms with Crippen LogP contribution in [0.1, 0.15) is 0 Å². The molecule has 11 heteroatoms. The molecule has 1 fully saturated rings. The Balaban J connectivity index is 2.78. The molecule has 0 aromatic carbocycles. The van der Waals surface area contributed by atoms with Crippen LogP contribution in [-0.4, -0.2) is 36.1 Å². The summed E-state index contributed by atoms with van der Waals surface area (Å²) in [6.07, 6.45) is 0. The van der Waals surface area contributed by atoms with Gasteiger partial charge in [-0.1, -0.05) is 0 Å². The van der Waals surface area contributed by atoms with Gasteiger partial charge in [0.1, 0.15) is 6.04 Å². The van der Waals surface area contributed by atoms with Gasteiger partial charge in [0.15, 0.2) is 0 Å². The molecule has 0 bridgehead atoms. The molecule has 0 aromatic heterocycles. The van der Waals surface area contributed by atoms with Crippen LogP contribution in [0, 0.1) is 0 Å². The summed E-state index contributed by atoms with van der Waals surface area (Å²) in [5.41, 5.74) is 10.2. The first kappa shape index (κ1) is 11.6. The Hall–Kier alpha value is -0.510. The molecule has 1 saturated heterocycles. The number of nitrogens with one attached hydrogen (secondary N) is 1. The molecule has 6 N–H and O–H groups in total. The van der Waals surface area contributed by atoms with Crippen LogP contribution in [0.25, 0.3) is 0 Å². The SMILES string of the molecule is N[C@H]1CN([P@](N)(=O)NS(=O)(=O)O)C1=O. The molecule has 1 rings (SSSR count). The summed E-state index contributed by atoms with van der Waals surface area (Å²) in [7, 11) is -8.81. The molecule has 1 amide bonds. The van der Waals surface area contributed by atoms with E-state index in [9.17, 15) is 17.8 Å². The number of amides is 1. The first-order chi connectivity index (χ1) is 6.13. The molecule has 0 aliphatic carbocycles. The average Bonchev–Trinajstić information content (AvgIpc) is 1.94. The van der Waals surface area contributed by atoms with E-state index in [0.717, 1.165) is 0 Å². The third-order valence-electron chi connectivity index (χ3n) is 1.55. The van der Waals surface area contributed by atoms with E-state index in [0.29, 0.717) is 4.67 Å². The molecular weight excluding hydrogens is 235 g/mol. The summed E-state index contributed by atoms with van der Waals surface area (Å²) >= 11 is 0. The Morgan fingerprint density at radius 2 is 2.14 bits per heavy atom. The van der Waals surface area contributed by atoms with Crippen molar-refractivity contribution in [2.75, 3.05) is 6.54 Å². The van der Waals surface area contributed by atoms with Gasteiger partial charge < -0.3 is 5.73 Å². The van der Waals surface area contributed by atoms with Gasteiger partial charge in [0, 0.05) is 0 Å². The van der Waals surface area contributed by atoms with E-state index < -0.39 is 29.8 Å². The van der Waals surface area contributed by atoms with Crippen molar-refractivity contribution in [2.24, 2.45) is 11.2 Å². The van der Waals surface area contributed by atoms with Gasteiger partial charge in [-0.15, -0.1) is 4.49 Å². The van der Waals surface area contributed by atoms with E-state index in [4.69, 9.17) is 15.8 Å². The summed E-state index contributed by atoms with van der Waals surface area (Å²) < 4.78 is 42.1. The summed E-state index contributed by atoms with van der Waals surface area (Å²) in [6, 6.07) is -0.824. The lowest BCUT2D eigenvalue weighted by Gasteiger charge is -2.38. The van der Waals surface area contributed by atoms with E-state index in [-0.39, 0.29) is 6.54 Å². The molecule has 1 aliphatic heterocycles. The first-order valence-corrected chi connectivity index (χ1v) is 6.53. The zero-order chi connectivity index (χ0) is 11.1. The van der Waals surface area contributed by atoms with Gasteiger partial charge in [0.05, 0.1) is 6.54 Å². The molecule has 0 radical (unpaired) electrons. The lowest BCUT2D eigenvalue weighted by Crippen LogP contribution is -2.61. The number of hydrogen-bond acceptors (Lipinski definition) is 5. The summed E-state index contributed by atoms with van der Waals surface area (Å²) in [4.78, 5) is 10.9. The Kier molecular flexibility index (Phi) is 2.69. The standard InChI is InChI=1S/C3H9N4O5PS/c4-2-1-7(3(2)8)13(5,9)6-14(10,11)12/h2H,1,4H2,(H3,5,6,9)(H,10,11,12)/t2-,13+/m0/s1. The molecule has 0 aromatic rings. The zero-order valence-electron chi connectivity index (χ0n) is 6.82. The maximum Gasteiger partial charge on any atom is 0.341 e. The summed E-state index contributed by atoms with van der Waals surface area (Å²) in [5.74, 6) is -0.730. The van der Waals surface area contributed by atoms with Crippen molar-refractivity contribution in [2.45, 2.75) is 6.04 Å². The van der Waals surface area contributed by atoms with Crippen LogP contribution >= 0.6 is 7.59 Å². The van der Waals surface area contributed by atoms with Gasteiger partial charge >= 0.3 is 17.9 Å². The highest BCUT2D eigenvalue weighted by atomic mass is 32.2. The lowest BCUT2D eigenvalue weighted by atomic mass is 10.2. The van der Waals surface area contributed by atoms with E-state index in [2.05, 4.69) is 0 Å². The van der Waals surface area contributed by atoms with Crippen molar-refractivity contribution in [3.63, 3.8) is 0 Å². The smallest absolute Gasteiger partial charge is 0.318 e. The van der Waals surface area contributed by atoms with Crippen molar-refractivity contribution in [1.29, 1.82) is 0 Å². The molecular formula is C3H9N4O5PS. The second-order valence-electron chi connectivity index (χ2n) is 2.72. The highest BCUT2D eigenvalue weighted by Gasteiger charge is 2.45. The fraction of sp³-hybridized carbons (Fsp3) is 0.667. The van der Waals surface area contributed by atoms with Gasteiger partial charge in [0.2, 0.25) is 5.91 Å². The summed E-state index contributed by atoms with van der Waals surface area (Å²) in [5, 5.41) is 0. The van der Waals surface area contributed by atoms with E-state index in [1.54, 1.807) is 0 Å². The molecule has 9 nitrogen and oxygen atoms in total. The van der Waals surface area contributed by atoms with Crippen LogP contribution in [0.15, 0.2) is 0 Å². The maximum atomic E-state index is 11.3. The Morgan fingerprint density at radius 3 is 2.43 bits per heavy atom. The molecule has 0 saturated carbocycles. The second kappa shape index (κ2) is 3.26. The maximum absolute atomic E-state index is 11.3. The zero-order valence-corrected chi connectivity index (χ0v) is 8.53. The molecule has 14 heavy (non-hydrogen) atoms. The quantitative estimate of drug-likeness (QED) is 0.245. The van der Waals surface area contributed by atoms with Crippen molar-refractivity contribution < 1.29 is 22.3 Å². The normalized spacial score (nSPS) is 26.9. The third-order valence-corrected chi connectivity index (χ3v) is 4.59. The number of nitrogens with two attached hydrogens (primary N) is 2. The van der Waals surface area contributed by atoms with Crippen LogP contribution in [0.3, 0.4) is 0 Å². The number of β-lactam (4-membered cyclic amide) rings is 1. The van der Waals surface area contributed by atoms with Crippen LogP contribution in [0.4, 0.5) is 0 Å². The second-order valence-corrected chi connectivity index (χ2v) is 6.13. The van der Waals surface area contributed by atoms with Gasteiger partial charge in [-0.05, 0) is 0 Å². The van der Waals surface area contributed by atoms with Crippen molar-refractivity contribution in [1.82, 2.24) is 9.16 Å². The first-order valence-electron chi connectivity index (χ1n) is 3.36. The van der Waals surface area contributed by atoms with Crippen molar-refractivity contribution >= 4 is 23.8 Å². The highest BCUT2D eigenvalue weighted by Crippen LogP contribution is 2.41. The number of carbonyl (C=O) groups is 1. The van der Waals surface area contributed by atoms with Crippen LogP contribution in [0.2, 0.25) is 0 Å². The van der Waals surface area contributed by atoms with Crippen molar-refractivity contribution in [3.05, 3.63) is 0 Å². The van der Waals surface area contributed by atoms with Crippen LogP contribution in [-0.2, 0) is 19.7 Å². The van der Waals surface area contributed by atoms with Crippen LogP contribution in [0.5, 0.6) is 0 Å². The van der Waals surface area contributed by atoms with Gasteiger partial charge in [-0.3, -0.25) is 24.1 Å². The van der Waals surface area contributed by atoms with Gasteiger partial charge in [-0.2, -0.15) is 8.42 Å². The Bertz CT molecular complexity index is 405. The minimum Gasteiger partial charge on any atom is -0.318 e. The number of nitrogens with zero attached hydrogens (tertiary/aromatic N) is 1.